The van der Waals surface area contributed by atoms with Gasteiger partial charge in [-0.2, -0.15) is 0 Å². The van der Waals surface area contributed by atoms with Crippen molar-refractivity contribution in [2.24, 2.45) is 0 Å². The summed E-state index contributed by atoms with van der Waals surface area (Å²) in [7, 11) is -2.16. The van der Waals surface area contributed by atoms with E-state index in [0.717, 1.165) is 4.90 Å². The van der Waals surface area contributed by atoms with E-state index in [-0.39, 0.29) is 31.7 Å². The zero-order valence-corrected chi connectivity index (χ0v) is 12.5. The maximum absolute atomic E-state index is 13.8. The van der Waals surface area contributed by atoms with Crippen molar-refractivity contribution in [1.82, 2.24) is 9.62 Å². The molecule has 0 saturated carbocycles. The maximum atomic E-state index is 13.8. The van der Waals surface area contributed by atoms with Gasteiger partial charge in [-0.3, -0.25) is 4.79 Å². The fraction of sp³-hybridized carbons (Fsp3) is 0.818. The van der Waals surface area contributed by atoms with E-state index in [1.807, 2.05) is 0 Å². The summed E-state index contributed by atoms with van der Waals surface area (Å²) < 4.78 is 43.7. The zero-order chi connectivity index (χ0) is 16.1. The number of methoxy groups -OCH3 is 1. The van der Waals surface area contributed by atoms with Gasteiger partial charge >= 0.3 is 5.97 Å². The van der Waals surface area contributed by atoms with Gasteiger partial charge in [0.2, 0.25) is 21.6 Å². The number of hydrogen-bond acceptors (Lipinski definition) is 5. The third kappa shape index (κ3) is 5.21. The molecule has 1 aliphatic heterocycles. The van der Waals surface area contributed by atoms with E-state index in [4.69, 9.17) is 9.84 Å². The van der Waals surface area contributed by atoms with Crippen molar-refractivity contribution in [2.45, 2.75) is 18.5 Å². The predicted molar refractivity (Wildman–Crippen MR) is 71.0 cm³/mol. The number of carbonyl (C=O) groups is 2. The molecule has 0 aromatic carbocycles. The first-order valence-electron chi connectivity index (χ1n) is 6.36. The molecule has 1 saturated heterocycles. The van der Waals surface area contributed by atoms with E-state index in [0.29, 0.717) is 0 Å². The van der Waals surface area contributed by atoms with Gasteiger partial charge in [0.15, 0.2) is 0 Å². The molecule has 1 aliphatic rings. The van der Waals surface area contributed by atoms with Crippen LogP contribution in [0.2, 0.25) is 0 Å². The van der Waals surface area contributed by atoms with Gasteiger partial charge in [-0.25, -0.2) is 22.3 Å². The summed E-state index contributed by atoms with van der Waals surface area (Å²) in [6.45, 7) is -0.839. The Balaban J connectivity index is 2.43. The minimum atomic E-state index is -3.61. The molecule has 0 aromatic rings. The molecule has 0 spiro atoms. The molecule has 0 aromatic heterocycles. The van der Waals surface area contributed by atoms with E-state index >= 15 is 0 Å². The number of halogens is 1. The van der Waals surface area contributed by atoms with E-state index in [1.54, 1.807) is 0 Å². The molecule has 10 heteroatoms. The molecule has 1 heterocycles. The minimum Gasteiger partial charge on any atom is -0.479 e. The molecular weight excluding hydrogens is 307 g/mol. The summed E-state index contributed by atoms with van der Waals surface area (Å²) in [4.78, 5) is 23.5. The number of rotatable bonds is 8. The first-order chi connectivity index (χ1) is 9.70. The number of amides is 1. The lowest BCUT2D eigenvalue weighted by Gasteiger charge is -2.18. The summed E-state index contributed by atoms with van der Waals surface area (Å²) in [6.07, 6.45) is -0.00892. The van der Waals surface area contributed by atoms with Gasteiger partial charge in [0.25, 0.3) is 0 Å². The molecule has 8 nitrogen and oxygen atoms in total. The first-order valence-corrected chi connectivity index (χ1v) is 8.02. The van der Waals surface area contributed by atoms with Crippen molar-refractivity contribution < 1.29 is 32.2 Å². The van der Waals surface area contributed by atoms with Crippen LogP contribution < -0.4 is 4.72 Å². The molecule has 0 aliphatic carbocycles. The van der Waals surface area contributed by atoms with Crippen molar-refractivity contribution in [3.8, 4) is 0 Å². The third-order valence-corrected chi connectivity index (χ3v) is 4.57. The summed E-state index contributed by atoms with van der Waals surface area (Å²) in [5.74, 6) is -2.44. The summed E-state index contributed by atoms with van der Waals surface area (Å²) in [5.41, 5.74) is -2.45. The van der Waals surface area contributed by atoms with E-state index in [1.165, 1.54) is 7.11 Å². The molecule has 1 unspecified atom stereocenters. The molecule has 2 N–H and O–H groups in total. The van der Waals surface area contributed by atoms with Crippen LogP contribution in [0.4, 0.5) is 4.39 Å². The maximum Gasteiger partial charge on any atom is 0.343 e. The number of carbonyl (C=O) groups excluding carboxylic acids is 1. The van der Waals surface area contributed by atoms with Gasteiger partial charge in [0.05, 0.1) is 18.8 Å². The SMILES string of the molecule is COCCCS(=O)(=O)NCC(=O)N1CCC(F)(C(=O)O)C1. The van der Waals surface area contributed by atoms with Crippen LogP contribution in [-0.2, 0) is 24.3 Å². The lowest BCUT2D eigenvalue weighted by Crippen LogP contribution is -2.43. The van der Waals surface area contributed by atoms with Crippen LogP contribution in [0.25, 0.3) is 0 Å². The molecule has 1 amide bonds. The highest BCUT2D eigenvalue weighted by atomic mass is 32.2. The Morgan fingerprint density at radius 1 is 1.48 bits per heavy atom. The standard InChI is InChI=1S/C11H19FN2O6S/c1-20-5-2-6-21(18,19)13-7-9(15)14-4-3-11(12,8-14)10(16)17/h13H,2-8H2,1H3,(H,16,17). The highest BCUT2D eigenvalue weighted by Crippen LogP contribution is 2.25. The van der Waals surface area contributed by atoms with Gasteiger partial charge in [-0.05, 0) is 6.42 Å². The Morgan fingerprint density at radius 3 is 2.67 bits per heavy atom. The number of sulfonamides is 1. The van der Waals surface area contributed by atoms with Gasteiger partial charge in [0.1, 0.15) is 0 Å². The van der Waals surface area contributed by atoms with Gasteiger partial charge in [0, 0.05) is 26.7 Å². The normalized spacial score (nSPS) is 22.5. The van der Waals surface area contributed by atoms with Crippen LogP contribution in [0, 0.1) is 0 Å². The smallest absolute Gasteiger partial charge is 0.343 e. The van der Waals surface area contributed by atoms with Crippen molar-refractivity contribution in [2.75, 3.05) is 39.1 Å². The second kappa shape index (κ2) is 7.14. The predicted octanol–water partition coefficient (Wildman–Crippen LogP) is -1.03. The Bertz CT molecular complexity index is 497. The lowest BCUT2D eigenvalue weighted by atomic mass is 10.1. The number of likely N-dealkylation sites (tertiary alicyclic amines) is 1. The fourth-order valence-corrected chi connectivity index (χ4v) is 2.89. The number of carboxylic acids is 1. The minimum absolute atomic E-state index is 0.0486. The largest absolute Gasteiger partial charge is 0.479 e. The number of nitrogens with zero attached hydrogens (tertiary/aromatic N) is 1. The third-order valence-electron chi connectivity index (χ3n) is 3.16. The van der Waals surface area contributed by atoms with Crippen LogP contribution in [0.5, 0.6) is 0 Å². The van der Waals surface area contributed by atoms with E-state index in [9.17, 15) is 22.4 Å². The van der Waals surface area contributed by atoms with Gasteiger partial charge in [-0.15, -0.1) is 0 Å². The monoisotopic (exact) mass is 326 g/mol. The molecule has 21 heavy (non-hydrogen) atoms. The van der Waals surface area contributed by atoms with Gasteiger partial charge < -0.3 is 14.7 Å². The number of aliphatic carboxylic acids is 1. The molecule has 0 bridgehead atoms. The van der Waals surface area contributed by atoms with Gasteiger partial charge in [-0.1, -0.05) is 0 Å². The topological polar surface area (TPSA) is 113 Å². The molecule has 1 rings (SSSR count). The number of nitrogens with one attached hydrogen (secondary N) is 1. The Morgan fingerprint density at radius 2 is 2.14 bits per heavy atom. The highest BCUT2D eigenvalue weighted by Gasteiger charge is 2.46. The quantitative estimate of drug-likeness (QED) is 0.551. The highest BCUT2D eigenvalue weighted by molar-refractivity contribution is 7.89. The van der Waals surface area contributed by atoms with Crippen LogP contribution in [-0.4, -0.2) is 75.1 Å². The summed E-state index contributed by atoms with van der Waals surface area (Å²) in [5, 5.41) is 8.72. The Labute approximate surface area is 122 Å². The van der Waals surface area contributed by atoms with Crippen LogP contribution in [0.3, 0.4) is 0 Å². The van der Waals surface area contributed by atoms with Crippen LogP contribution in [0.1, 0.15) is 12.8 Å². The van der Waals surface area contributed by atoms with E-state index < -0.39 is 40.7 Å². The second-order valence-corrected chi connectivity index (χ2v) is 6.75. The zero-order valence-electron chi connectivity index (χ0n) is 11.7. The van der Waals surface area contributed by atoms with Crippen LogP contribution in [0.15, 0.2) is 0 Å². The first kappa shape index (κ1) is 17.8. The second-order valence-electron chi connectivity index (χ2n) is 4.82. The number of alkyl halides is 1. The Hall–Kier alpha value is -1.26. The lowest BCUT2D eigenvalue weighted by molar-refractivity contribution is -0.150. The Kier molecular flexibility index (Phi) is 6.05. The van der Waals surface area contributed by atoms with E-state index in [2.05, 4.69) is 4.72 Å². The average molecular weight is 326 g/mol. The van der Waals surface area contributed by atoms with Crippen LogP contribution >= 0.6 is 0 Å². The van der Waals surface area contributed by atoms with Crippen molar-refractivity contribution in [1.29, 1.82) is 0 Å². The van der Waals surface area contributed by atoms with Crippen molar-refractivity contribution in [3.05, 3.63) is 0 Å². The summed E-state index contributed by atoms with van der Waals surface area (Å²) in [6, 6.07) is 0. The molecular formula is C11H19FN2O6S. The number of carboxylic acid groups (broad SMARTS) is 1. The fourth-order valence-electron chi connectivity index (χ4n) is 1.91. The molecule has 1 fully saturated rings. The van der Waals surface area contributed by atoms with Crippen molar-refractivity contribution >= 4 is 21.9 Å². The summed E-state index contributed by atoms with van der Waals surface area (Å²) >= 11 is 0. The number of ether oxygens (including phenoxy) is 1. The number of hydrogen-bond donors (Lipinski definition) is 2. The van der Waals surface area contributed by atoms with Crippen molar-refractivity contribution in [3.63, 3.8) is 0 Å². The molecule has 0 radical (unpaired) electrons. The molecule has 122 valence electrons. The molecule has 1 atom stereocenters. The average Bonchev–Trinajstić information content (AvgIpc) is 2.80.